The van der Waals surface area contributed by atoms with Gasteiger partial charge in [0.1, 0.15) is 0 Å². The molecule has 202 valence electrons. The van der Waals surface area contributed by atoms with Crippen LogP contribution in [0.4, 0.5) is 26.3 Å². The van der Waals surface area contributed by atoms with Gasteiger partial charge in [-0.15, -0.1) is 0 Å². The van der Waals surface area contributed by atoms with E-state index in [1.54, 1.807) is 0 Å². The lowest BCUT2D eigenvalue weighted by molar-refractivity contribution is -0.147. The predicted octanol–water partition coefficient (Wildman–Crippen LogP) is 4.76. The number of nitrogens with zero attached hydrogens (tertiary/aromatic N) is 1. The molecule has 1 aliphatic carbocycles. The van der Waals surface area contributed by atoms with Crippen molar-refractivity contribution in [3.05, 3.63) is 34.9 Å². The quantitative estimate of drug-likeness (QED) is 0.548. The van der Waals surface area contributed by atoms with Crippen molar-refractivity contribution in [1.82, 2.24) is 10.2 Å². The minimum absolute atomic E-state index is 0.0562. The third-order valence-corrected chi connectivity index (χ3v) is 8.28. The van der Waals surface area contributed by atoms with Crippen LogP contribution in [0.2, 0.25) is 0 Å². The summed E-state index contributed by atoms with van der Waals surface area (Å²) in [6.45, 7) is 4.81. The summed E-state index contributed by atoms with van der Waals surface area (Å²) >= 11 is 0. The molecule has 11 heteroatoms. The lowest BCUT2D eigenvalue weighted by atomic mass is 9.71. The molecule has 2 heterocycles. The van der Waals surface area contributed by atoms with Crippen molar-refractivity contribution in [2.45, 2.75) is 82.5 Å². The van der Waals surface area contributed by atoms with Crippen LogP contribution in [-0.4, -0.2) is 53.4 Å². The number of carbonyl (C=O) groups is 1. The molecular formula is C25H32F6N2O3. The highest BCUT2D eigenvalue weighted by atomic mass is 19.4. The van der Waals surface area contributed by atoms with Crippen molar-refractivity contribution >= 4 is 5.91 Å². The first kappa shape index (κ1) is 27.2. The molecule has 4 rings (SSSR count). The van der Waals surface area contributed by atoms with Gasteiger partial charge in [-0.2, -0.15) is 26.3 Å². The zero-order valence-electron chi connectivity index (χ0n) is 20.3. The standard InChI is InChI=1S/C25H32F6N2O3/c1-22(2,35)23(6-3-19(12-23)33-7-4-16-14-36-8-5-20(16)33)21(34)32-13-15-9-17(24(26,27)28)11-18(10-15)25(29,30)31/h9-11,16,19-20,35H,3-8,12-14H2,1-2H3,(H,32,34)/t16?,19-,20?,23-/m1/s1. The molecular weight excluding hydrogens is 490 g/mol. The maximum Gasteiger partial charge on any atom is 0.416 e. The Kier molecular flexibility index (Phi) is 7.15. The van der Waals surface area contributed by atoms with Gasteiger partial charge in [0.25, 0.3) is 0 Å². The summed E-state index contributed by atoms with van der Waals surface area (Å²) in [4.78, 5) is 15.8. The highest BCUT2D eigenvalue weighted by molar-refractivity contribution is 5.84. The van der Waals surface area contributed by atoms with Crippen molar-refractivity contribution in [3.63, 3.8) is 0 Å². The number of aliphatic hydroxyl groups is 1. The number of benzene rings is 1. The highest BCUT2D eigenvalue weighted by Gasteiger charge is 2.56. The first-order valence-electron chi connectivity index (χ1n) is 12.2. The molecule has 2 aliphatic heterocycles. The number of hydrogen-bond acceptors (Lipinski definition) is 4. The van der Waals surface area contributed by atoms with Crippen LogP contribution in [0.5, 0.6) is 0 Å². The Hall–Kier alpha value is -1.85. The van der Waals surface area contributed by atoms with Crippen molar-refractivity contribution in [2.24, 2.45) is 11.3 Å². The van der Waals surface area contributed by atoms with E-state index in [1.165, 1.54) is 13.8 Å². The van der Waals surface area contributed by atoms with E-state index in [-0.39, 0.29) is 17.7 Å². The first-order valence-corrected chi connectivity index (χ1v) is 12.2. The molecule has 0 radical (unpaired) electrons. The van der Waals surface area contributed by atoms with E-state index in [1.807, 2.05) is 0 Å². The van der Waals surface area contributed by atoms with Gasteiger partial charge in [0, 0.05) is 25.2 Å². The molecule has 1 saturated carbocycles. The Labute approximate surface area is 206 Å². The summed E-state index contributed by atoms with van der Waals surface area (Å²) in [7, 11) is 0. The average molecular weight is 523 g/mol. The third-order valence-electron chi connectivity index (χ3n) is 8.28. The fourth-order valence-corrected chi connectivity index (χ4v) is 6.25. The number of ether oxygens (including phenoxy) is 1. The lowest BCUT2D eigenvalue weighted by Crippen LogP contribution is -2.54. The number of hydrogen-bond donors (Lipinski definition) is 2. The minimum atomic E-state index is -4.97. The number of nitrogens with one attached hydrogen (secondary N) is 1. The van der Waals surface area contributed by atoms with E-state index in [4.69, 9.17) is 4.74 Å². The van der Waals surface area contributed by atoms with Crippen LogP contribution in [0, 0.1) is 11.3 Å². The minimum Gasteiger partial charge on any atom is -0.389 e. The number of fused-ring (bicyclic) bond motifs is 1. The summed E-state index contributed by atoms with van der Waals surface area (Å²) < 4.78 is 84.8. The van der Waals surface area contributed by atoms with Crippen LogP contribution in [0.25, 0.3) is 0 Å². The maximum atomic E-state index is 13.4. The summed E-state index contributed by atoms with van der Waals surface area (Å²) in [5.41, 5.74) is -5.82. The van der Waals surface area contributed by atoms with Gasteiger partial charge in [-0.3, -0.25) is 9.69 Å². The summed E-state index contributed by atoms with van der Waals surface area (Å²) in [5, 5.41) is 13.6. The van der Waals surface area contributed by atoms with Crippen LogP contribution < -0.4 is 5.32 Å². The molecule has 2 unspecified atom stereocenters. The molecule has 0 spiro atoms. The normalized spacial score (nSPS) is 29.9. The topological polar surface area (TPSA) is 61.8 Å². The van der Waals surface area contributed by atoms with Gasteiger partial charge in [0.2, 0.25) is 5.91 Å². The van der Waals surface area contributed by atoms with Crippen LogP contribution in [0.1, 0.15) is 62.6 Å². The van der Waals surface area contributed by atoms with Crippen molar-refractivity contribution in [3.8, 4) is 0 Å². The first-order chi connectivity index (χ1) is 16.6. The number of halogens is 6. The molecule has 2 N–H and O–H groups in total. The van der Waals surface area contributed by atoms with E-state index in [0.717, 1.165) is 19.4 Å². The second kappa shape index (κ2) is 9.47. The zero-order chi connectivity index (χ0) is 26.5. The SMILES string of the molecule is CC(C)(O)[C@]1(C(=O)NCc2cc(C(F)(F)F)cc(C(F)(F)F)c2)CC[C@@H](N2CCC3COCCC32)C1. The van der Waals surface area contributed by atoms with E-state index in [9.17, 15) is 36.2 Å². The number of carbonyl (C=O) groups excluding carboxylic acids is 1. The molecule has 0 bridgehead atoms. The maximum absolute atomic E-state index is 13.4. The lowest BCUT2D eigenvalue weighted by Gasteiger charge is -2.41. The molecule has 3 fully saturated rings. The van der Waals surface area contributed by atoms with Crippen LogP contribution >= 0.6 is 0 Å². The van der Waals surface area contributed by atoms with Gasteiger partial charge in [-0.25, -0.2) is 0 Å². The molecule has 1 aromatic rings. The van der Waals surface area contributed by atoms with E-state index < -0.39 is 46.9 Å². The van der Waals surface area contributed by atoms with E-state index in [0.29, 0.717) is 56.6 Å². The van der Waals surface area contributed by atoms with Gasteiger partial charge in [0.15, 0.2) is 0 Å². The zero-order valence-corrected chi connectivity index (χ0v) is 20.3. The van der Waals surface area contributed by atoms with Gasteiger partial charge in [-0.1, -0.05) is 0 Å². The fourth-order valence-electron chi connectivity index (χ4n) is 6.25. The van der Waals surface area contributed by atoms with Gasteiger partial charge in [0.05, 0.1) is 28.7 Å². The number of alkyl halides is 6. The largest absolute Gasteiger partial charge is 0.416 e. The Bertz CT molecular complexity index is 942. The Morgan fingerprint density at radius 3 is 2.31 bits per heavy atom. The van der Waals surface area contributed by atoms with Crippen LogP contribution in [0.15, 0.2) is 18.2 Å². The molecule has 3 aliphatic rings. The number of likely N-dealkylation sites (tertiary alicyclic amines) is 1. The van der Waals surface area contributed by atoms with Crippen molar-refractivity contribution in [1.29, 1.82) is 0 Å². The molecule has 1 amide bonds. The number of rotatable bonds is 5. The Balaban J connectivity index is 1.52. The number of amides is 1. The Morgan fingerprint density at radius 1 is 1.08 bits per heavy atom. The summed E-state index contributed by atoms with van der Waals surface area (Å²) in [5.74, 6) is -0.125. The predicted molar refractivity (Wildman–Crippen MR) is 119 cm³/mol. The molecule has 1 aromatic carbocycles. The molecule has 2 saturated heterocycles. The summed E-state index contributed by atoms with van der Waals surface area (Å²) in [6.07, 6.45) is -6.63. The van der Waals surface area contributed by atoms with Gasteiger partial charge < -0.3 is 15.2 Å². The molecule has 4 atom stereocenters. The van der Waals surface area contributed by atoms with Gasteiger partial charge in [-0.05, 0) is 82.2 Å². The van der Waals surface area contributed by atoms with Crippen LogP contribution in [-0.2, 0) is 28.4 Å². The second-order valence-corrected chi connectivity index (χ2v) is 10.9. The second-order valence-electron chi connectivity index (χ2n) is 10.9. The van der Waals surface area contributed by atoms with Gasteiger partial charge >= 0.3 is 12.4 Å². The molecule has 36 heavy (non-hydrogen) atoms. The van der Waals surface area contributed by atoms with Crippen molar-refractivity contribution < 1.29 is 41.0 Å². The molecule has 0 aromatic heterocycles. The average Bonchev–Trinajstić information content (AvgIpc) is 3.41. The monoisotopic (exact) mass is 522 g/mol. The van der Waals surface area contributed by atoms with E-state index >= 15 is 0 Å². The van der Waals surface area contributed by atoms with E-state index in [2.05, 4.69) is 10.2 Å². The Morgan fingerprint density at radius 2 is 1.72 bits per heavy atom. The van der Waals surface area contributed by atoms with Crippen molar-refractivity contribution in [2.75, 3.05) is 19.8 Å². The third kappa shape index (κ3) is 5.24. The van der Waals surface area contributed by atoms with Crippen LogP contribution in [0.3, 0.4) is 0 Å². The smallest absolute Gasteiger partial charge is 0.389 e. The highest BCUT2D eigenvalue weighted by Crippen LogP contribution is 2.50. The fraction of sp³-hybridized carbons (Fsp3) is 0.720. The summed E-state index contributed by atoms with van der Waals surface area (Å²) in [6, 6.07) is 1.69. The molecule has 5 nitrogen and oxygen atoms in total.